The molecule has 0 fully saturated rings. The van der Waals surface area contributed by atoms with Crippen LogP contribution in [0.5, 0.6) is 0 Å². The van der Waals surface area contributed by atoms with Crippen molar-refractivity contribution >= 4 is 78.2 Å². The summed E-state index contributed by atoms with van der Waals surface area (Å²) in [6.45, 7) is 46.6. The molecule has 1 aromatic carbocycles. The van der Waals surface area contributed by atoms with E-state index in [1.807, 2.05) is 220 Å². The number of benzene rings is 1. The summed E-state index contributed by atoms with van der Waals surface area (Å²) in [7, 11) is 0. The molecule has 0 radical (unpaired) electrons. The molecule has 564 valence electrons. The summed E-state index contributed by atoms with van der Waals surface area (Å²) < 4.78 is 4.97. The molecule has 0 atom stereocenters. The normalized spacial score (nSPS) is 10.2. The number of rotatable bonds is 0. The number of nitrogens with zero attached hydrogens (tertiary/aromatic N) is 20. The summed E-state index contributed by atoms with van der Waals surface area (Å²) in [4.78, 5) is 100. The van der Waals surface area contributed by atoms with Gasteiger partial charge in [-0.3, -0.25) is 15.2 Å². The number of H-pyrrole nitrogens is 10. The lowest BCUT2D eigenvalue weighted by Gasteiger charge is -1.89. The molecule has 0 spiro atoms. The Kier molecular flexibility index (Phi) is 30.5. The first kappa shape index (κ1) is 82.5. The van der Waals surface area contributed by atoms with Gasteiger partial charge in [-0.2, -0.15) is 10.2 Å². The highest BCUT2D eigenvalue weighted by Gasteiger charge is 2.05. The largest absolute Gasteiger partial charge is 0.446 e. The summed E-state index contributed by atoms with van der Waals surface area (Å²) >= 11 is 1.73. The third kappa shape index (κ3) is 28.4. The quantitative estimate of drug-likeness (QED) is 0.0674. The second-order valence-corrected chi connectivity index (χ2v) is 26.7. The molecule has 0 unspecified atom stereocenters. The molecule has 32 heteroatoms. The minimum Gasteiger partial charge on any atom is -0.446 e. The molecule has 0 bridgehead atoms. The lowest BCUT2D eigenvalue weighted by Crippen LogP contribution is -1.85. The van der Waals surface area contributed by atoms with Gasteiger partial charge in [0, 0.05) is 65.1 Å². The zero-order chi connectivity index (χ0) is 78.7. The molecule has 31 nitrogen and oxygen atoms in total. The highest BCUT2D eigenvalue weighted by molar-refractivity contribution is 7.11. The van der Waals surface area contributed by atoms with Crippen LogP contribution in [0, 0.1) is 166 Å². The van der Waals surface area contributed by atoms with Gasteiger partial charge in [-0.05, 0) is 213 Å². The maximum absolute atomic E-state index is 4.97. The Morgan fingerprint density at radius 3 is 1.37 bits per heavy atom. The van der Waals surface area contributed by atoms with Gasteiger partial charge in [-0.15, -0.1) is 11.3 Å². The van der Waals surface area contributed by atoms with Crippen LogP contribution < -0.4 is 0 Å². The van der Waals surface area contributed by atoms with Crippen LogP contribution in [0.2, 0.25) is 0 Å². The van der Waals surface area contributed by atoms with E-state index < -0.39 is 0 Å². The molecule has 0 amide bonds. The molecular formula is C76H98N30OS. The molecule has 10 N–H and O–H groups in total. The molecule has 0 aliphatic carbocycles. The average Bonchev–Trinajstić information content (AvgIpc) is 1.72. The number of fused-ring (bicyclic) bond motifs is 6. The Labute approximate surface area is 630 Å². The van der Waals surface area contributed by atoms with E-state index in [2.05, 4.69) is 176 Å². The SMILES string of the molecule is Cc1cc(C)[nH]n1.Cc1cc2nc(C)[nH]c2cn1.Cc1ccc2[nH]c(C)nc2n1.Cc1ccc2nc(C)[nH]c2c1.Cc1cnc(C)[nH]1.Cc1cnc(C)[nH]1.Cc1cnc(C)o1.Cc1cnc(C)s1.Cc1cnc2nc(C)[nH]c2c1.Cc1cnc2nc(C)[nH]c2n1.Cc1n[nH]c(C)n1.Cc1ncc2[nH]c(C)nc2n1. The molecular weight excluding hydrogens is 1380 g/mol. The van der Waals surface area contributed by atoms with Crippen LogP contribution in [0.25, 0.3) is 66.9 Å². The van der Waals surface area contributed by atoms with Crippen molar-refractivity contribution in [3.8, 4) is 0 Å². The number of aromatic nitrogens is 30. The Bertz CT molecular complexity index is 4720. The number of thiazole rings is 1. The zero-order valence-corrected chi connectivity index (χ0v) is 66.8. The number of hydrogen-bond donors (Lipinski definition) is 10. The minimum absolute atomic E-state index is 0.688. The Morgan fingerprint density at radius 1 is 0.287 bits per heavy atom. The van der Waals surface area contributed by atoms with Crippen LogP contribution in [0.4, 0.5) is 0 Å². The van der Waals surface area contributed by atoms with Gasteiger partial charge in [-0.1, -0.05) is 6.07 Å². The maximum Gasteiger partial charge on any atom is 0.197 e. The predicted octanol–water partition coefficient (Wildman–Crippen LogP) is 15.4. The van der Waals surface area contributed by atoms with E-state index in [1.54, 1.807) is 29.9 Å². The fourth-order valence-corrected chi connectivity index (χ4v) is 10.3. The lowest BCUT2D eigenvalue weighted by atomic mass is 10.2. The van der Waals surface area contributed by atoms with E-state index in [-0.39, 0.29) is 0 Å². The Balaban J connectivity index is 0.000000165. The number of imidazole rings is 8. The van der Waals surface area contributed by atoms with E-state index in [4.69, 9.17) is 4.42 Å². The first-order valence-corrected chi connectivity index (χ1v) is 35.3. The van der Waals surface area contributed by atoms with Crippen LogP contribution in [0.15, 0.2) is 103 Å². The zero-order valence-electron chi connectivity index (χ0n) is 66.0. The lowest BCUT2D eigenvalue weighted by molar-refractivity contribution is 0.494. The number of nitrogens with one attached hydrogen (secondary N) is 10. The molecule has 18 rings (SSSR count). The van der Waals surface area contributed by atoms with Gasteiger partial charge in [0.1, 0.15) is 75.3 Å². The molecule has 0 saturated heterocycles. The second-order valence-electron chi connectivity index (χ2n) is 25.3. The number of pyridine rings is 3. The molecule has 0 aliphatic heterocycles. The van der Waals surface area contributed by atoms with Gasteiger partial charge in [-0.25, -0.2) is 84.7 Å². The topological polar surface area (TPSA) is 429 Å². The summed E-state index contributed by atoms with van der Waals surface area (Å²) in [5, 5.41) is 14.3. The van der Waals surface area contributed by atoms with Crippen molar-refractivity contribution in [1.82, 2.24) is 150 Å². The highest BCUT2D eigenvalue weighted by Crippen LogP contribution is 2.15. The fraction of sp³-hybridized carbons (Fsp3) is 0.316. The van der Waals surface area contributed by atoms with Crippen molar-refractivity contribution in [2.75, 3.05) is 0 Å². The van der Waals surface area contributed by atoms with Crippen LogP contribution >= 0.6 is 11.3 Å². The van der Waals surface area contributed by atoms with E-state index >= 15 is 0 Å². The van der Waals surface area contributed by atoms with Crippen molar-refractivity contribution in [1.29, 1.82) is 0 Å². The van der Waals surface area contributed by atoms with Crippen LogP contribution in [-0.4, -0.2) is 150 Å². The van der Waals surface area contributed by atoms with E-state index in [1.165, 1.54) is 10.4 Å². The van der Waals surface area contributed by atoms with Crippen LogP contribution in [0.3, 0.4) is 0 Å². The van der Waals surface area contributed by atoms with Crippen molar-refractivity contribution in [2.24, 2.45) is 0 Å². The van der Waals surface area contributed by atoms with Gasteiger partial charge < -0.3 is 44.3 Å². The number of aromatic amines is 10. The van der Waals surface area contributed by atoms with Crippen LogP contribution in [-0.2, 0) is 0 Å². The molecule has 0 aliphatic rings. The summed E-state index contributed by atoms with van der Waals surface area (Å²) in [5.74, 6) is 11.5. The van der Waals surface area contributed by atoms with Crippen molar-refractivity contribution in [2.45, 2.75) is 166 Å². The smallest absolute Gasteiger partial charge is 0.197 e. The molecule has 17 aromatic heterocycles. The standard InChI is InChI=1S/C9H10N2.3C8H9N3.2C7H8N4.3C5H8N2.C5H7NO.C5H7NS.C4H7N3/c1-6-3-4-8-9(5-6)11-7(2)10-8;1-5-3-7-8(4-9-5)11-6(2)10-7;1-5-3-7-8(9-4-5)11-6(2)10-7;1-5-3-4-7-8(9-5)11-6(2)10-7;1-4-8-3-6-7(10-4)11-5(2)9-6;1-4-3-8-6-7(9-4)11-5(2)10-6;2*1-4-3-6-5(2)7-4;1-4-3-5(2)7-6-4;2*1-4-3-6-5(2)7-4;1-3-5-4(2)7-6-3/h3-5H,1-2H3,(H,10,11);3-4H,1-2H3,(H,10,11);2*3-4H,1-2H3,(H,9,10,11);2*3H,1-2H3,(H,8,9,10,11);3*3H,1-2H3,(H,6,7);2*3H,1-2H3;1-2H3,(H,5,6,7). The Hall–Kier alpha value is -12.7. The summed E-state index contributed by atoms with van der Waals surface area (Å²) in [5.41, 5.74) is 20.7. The first-order valence-electron chi connectivity index (χ1n) is 34.5. The summed E-state index contributed by atoms with van der Waals surface area (Å²) in [6, 6.07) is 16.2. The third-order valence-corrected chi connectivity index (χ3v) is 15.0. The monoisotopic (exact) mass is 1480 g/mol. The average molecular weight is 1480 g/mol. The molecule has 0 saturated carbocycles. The number of aryl methyl sites for hydroxylation is 24. The van der Waals surface area contributed by atoms with E-state index in [0.717, 1.165) is 187 Å². The number of hydrogen-bond acceptors (Lipinski definition) is 22. The van der Waals surface area contributed by atoms with Gasteiger partial charge in [0.2, 0.25) is 0 Å². The first-order chi connectivity index (χ1) is 51.3. The Morgan fingerprint density at radius 2 is 0.861 bits per heavy atom. The predicted molar refractivity (Wildman–Crippen MR) is 426 cm³/mol. The van der Waals surface area contributed by atoms with Gasteiger partial charge in [0.05, 0.1) is 74.3 Å². The van der Waals surface area contributed by atoms with Gasteiger partial charge >= 0.3 is 0 Å². The van der Waals surface area contributed by atoms with Gasteiger partial charge in [0.25, 0.3) is 0 Å². The van der Waals surface area contributed by atoms with E-state index in [0.29, 0.717) is 5.65 Å². The minimum atomic E-state index is 0.688. The fourth-order valence-electron chi connectivity index (χ4n) is 9.66. The molecule has 17 heterocycles. The summed E-state index contributed by atoms with van der Waals surface area (Å²) in [6.07, 6.45) is 14.3. The number of oxazole rings is 1. The van der Waals surface area contributed by atoms with Crippen molar-refractivity contribution in [3.63, 3.8) is 0 Å². The van der Waals surface area contributed by atoms with Crippen LogP contribution in [0.1, 0.15) is 137 Å². The van der Waals surface area contributed by atoms with E-state index in [9.17, 15) is 0 Å². The van der Waals surface area contributed by atoms with Crippen molar-refractivity contribution < 1.29 is 4.42 Å². The maximum atomic E-state index is 4.97. The third-order valence-electron chi connectivity index (χ3n) is 14.2. The molecule has 108 heavy (non-hydrogen) atoms. The second kappa shape index (κ2) is 39.9. The highest BCUT2D eigenvalue weighted by atomic mass is 32.1. The van der Waals surface area contributed by atoms with Gasteiger partial charge in [0.15, 0.2) is 34.1 Å². The molecule has 18 aromatic rings. The van der Waals surface area contributed by atoms with Crippen molar-refractivity contribution in [3.05, 3.63) is 235 Å².